The van der Waals surface area contributed by atoms with Gasteiger partial charge < -0.3 is 14.2 Å². The molecule has 3 aromatic rings. The monoisotopic (exact) mass is 372 g/mol. The fraction of sp³-hybridized carbons (Fsp3) is 0.167. The molecule has 0 aliphatic carbocycles. The highest BCUT2D eigenvalue weighted by Gasteiger charge is 2.16. The minimum absolute atomic E-state index is 0.123. The second-order valence-electron chi connectivity index (χ2n) is 5.60. The van der Waals surface area contributed by atoms with E-state index in [-0.39, 0.29) is 12.2 Å². The van der Waals surface area contributed by atoms with E-state index in [0.717, 1.165) is 0 Å². The van der Waals surface area contributed by atoms with E-state index >= 15 is 0 Å². The molecule has 26 heavy (non-hydrogen) atoms. The van der Waals surface area contributed by atoms with Gasteiger partial charge in [0.15, 0.2) is 11.5 Å². The third kappa shape index (κ3) is 3.21. The minimum atomic E-state index is -0.542. The first-order valence-electron chi connectivity index (χ1n) is 7.85. The molecule has 0 spiro atoms. The van der Waals surface area contributed by atoms with Crippen molar-refractivity contribution in [3.05, 3.63) is 69.2 Å². The standard InChI is InChI=1S/C18H13ClN2O5/c19-12-2-4-16-20-13(8-17(22)21(16)9-12)10-26-18(23)11-1-3-14-15(7-11)25-6-5-24-14/h1-4,7-9H,5-6,10H2. The second-order valence-corrected chi connectivity index (χ2v) is 6.03. The van der Waals surface area contributed by atoms with Gasteiger partial charge >= 0.3 is 5.97 Å². The van der Waals surface area contributed by atoms with Crippen LogP contribution in [0.25, 0.3) is 5.65 Å². The Labute approximate surface area is 152 Å². The molecule has 1 aliphatic heterocycles. The van der Waals surface area contributed by atoms with Gasteiger partial charge in [-0.25, -0.2) is 9.78 Å². The van der Waals surface area contributed by atoms with E-state index in [1.54, 1.807) is 30.3 Å². The lowest BCUT2D eigenvalue weighted by Gasteiger charge is -2.18. The molecular formula is C18H13ClN2O5. The molecule has 8 heteroatoms. The van der Waals surface area contributed by atoms with E-state index in [4.69, 9.17) is 25.8 Å². The highest BCUT2D eigenvalue weighted by Crippen LogP contribution is 2.30. The quantitative estimate of drug-likeness (QED) is 0.657. The normalized spacial score (nSPS) is 12.8. The zero-order chi connectivity index (χ0) is 18.1. The van der Waals surface area contributed by atoms with Crippen LogP contribution in [0.1, 0.15) is 16.1 Å². The summed E-state index contributed by atoms with van der Waals surface area (Å²) < 4.78 is 17.5. The van der Waals surface area contributed by atoms with Crippen LogP contribution < -0.4 is 15.0 Å². The average molecular weight is 373 g/mol. The first-order chi connectivity index (χ1) is 12.6. The topological polar surface area (TPSA) is 79.1 Å². The van der Waals surface area contributed by atoms with Gasteiger partial charge in [-0.1, -0.05) is 11.6 Å². The van der Waals surface area contributed by atoms with Crippen LogP contribution >= 0.6 is 11.6 Å². The van der Waals surface area contributed by atoms with Crippen LogP contribution in [0.3, 0.4) is 0 Å². The van der Waals surface area contributed by atoms with E-state index in [1.165, 1.54) is 16.7 Å². The summed E-state index contributed by atoms with van der Waals surface area (Å²) in [5.41, 5.74) is 0.803. The van der Waals surface area contributed by atoms with Crippen LogP contribution in [-0.4, -0.2) is 28.6 Å². The Morgan fingerprint density at radius 3 is 2.81 bits per heavy atom. The first-order valence-corrected chi connectivity index (χ1v) is 8.22. The lowest BCUT2D eigenvalue weighted by molar-refractivity contribution is 0.0466. The van der Waals surface area contributed by atoms with E-state index in [9.17, 15) is 9.59 Å². The second kappa shape index (κ2) is 6.68. The van der Waals surface area contributed by atoms with Gasteiger partial charge in [0.2, 0.25) is 0 Å². The zero-order valence-corrected chi connectivity index (χ0v) is 14.2. The van der Waals surface area contributed by atoms with Crippen molar-refractivity contribution in [3.63, 3.8) is 0 Å². The van der Waals surface area contributed by atoms with E-state index < -0.39 is 5.97 Å². The van der Waals surface area contributed by atoms with Crippen molar-refractivity contribution in [1.29, 1.82) is 0 Å². The SMILES string of the molecule is O=C(OCc1cc(=O)n2cc(Cl)ccc2n1)c1ccc2c(c1)OCCO2. The molecule has 0 saturated heterocycles. The number of pyridine rings is 1. The van der Waals surface area contributed by atoms with Gasteiger partial charge in [0, 0.05) is 12.3 Å². The Hall–Kier alpha value is -3.06. The number of ether oxygens (including phenoxy) is 3. The molecule has 0 atom stereocenters. The summed E-state index contributed by atoms with van der Waals surface area (Å²) in [6, 6.07) is 9.39. The maximum absolute atomic E-state index is 12.2. The summed E-state index contributed by atoms with van der Waals surface area (Å²) in [6.45, 7) is 0.785. The number of hydrogen-bond acceptors (Lipinski definition) is 6. The lowest BCUT2D eigenvalue weighted by atomic mass is 10.2. The Bertz CT molecular complexity index is 1060. The van der Waals surface area contributed by atoms with Gasteiger partial charge in [0.05, 0.1) is 16.3 Å². The lowest BCUT2D eigenvalue weighted by Crippen LogP contribution is -2.17. The number of esters is 1. The molecule has 0 N–H and O–H groups in total. The Balaban J connectivity index is 1.52. The smallest absolute Gasteiger partial charge is 0.338 e. The van der Waals surface area contributed by atoms with Crippen molar-refractivity contribution in [1.82, 2.24) is 9.38 Å². The van der Waals surface area contributed by atoms with Crippen molar-refractivity contribution >= 4 is 23.2 Å². The molecule has 0 fully saturated rings. The van der Waals surface area contributed by atoms with E-state index in [2.05, 4.69) is 4.98 Å². The number of benzene rings is 1. The number of nitrogens with zero attached hydrogens (tertiary/aromatic N) is 2. The number of rotatable bonds is 3. The predicted molar refractivity (Wildman–Crippen MR) is 93.0 cm³/mol. The molecule has 132 valence electrons. The predicted octanol–water partition coefficient (Wildman–Crippen LogP) is 2.48. The molecule has 3 heterocycles. The fourth-order valence-corrected chi connectivity index (χ4v) is 2.75. The van der Waals surface area contributed by atoms with Crippen molar-refractivity contribution in [2.24, 2.45) is 0 Å². The van der Waals surface area contributed by atoms with Crippen molar-refractivity contribution < 1.29 is 19.0 Å². The summed E-state index contributed by atoms with van der Waals surface area (Å²) in [5.74, 6) is 0.556. The average Bonchev–Trinajstić information content (AvgIpc) is 2.66. The number of halogens is 1. The molecule has 0 saturated carbocycles. The van der Waals surface area contributed by atoms with Crippen LogP contribution in [0.15, 0.2) is 47.4 Å². The highest BCUT2D eigenvalue weighted by molar-refractivity contribution is 6.30. The Kier molecular flexibility index (Phi) is 4.22. The van der Waals surface area contributed by atoms with Crippen LogP contribution in [0.2, 0.25) is 5.02 Å². The zero-order valence-electron chi connectivity index (χ0n) is 13.5. The number of hydrogen-bond donors (Lipinski definition) is 0. The summed E-state index contributed by atoms with van der Waals surface area (Å²) in [5, 5.41) is 0.430. The van der Waals surface area contributed by atoms with Gasteiger partial charge in [-0.3, -0.25) is 9.20 Å². The molecule has 1 aromatic carbocycles. The van der Waals surface area contributed by atoms with Gasteiger partial charge in [0.1, 0.15) is 25.5 Å². The molecule has 4 rings (SSSR count). The van der Waals surface area contributed by atoms with Crippen molar-refractivity contribution in [2.45, 2.75) is 6.61 Å². The maximum atomic E-state index is 12.2. The Morgan fingerprint density at radius 1 is 1.15 bits per heavy atom. The van der Waals surface area contributed by atoms with E-state index in [0.29, 0.717) is 46.6 Å². The molecular weight excluding hydrogens is 360 g/mol. The number of carbonyl (C=O) groups is 1. The molecule has 0 radical (unpaired) electrons. The van der Waals surface area contributed by atoms with Crippen LogP contribution in [0.4, 0.5) is 0 Å². The van der Waals surface area contributed by atoms with Gasteiger partial charge in [0.25, 0.3) is 5.56 Å². The van der Waals surface area contributed by atoms with E-state index in [1.807, 2.05) is 0 Å². The third-order valence-corrected chi connectivity index (χ3v) is 4.03. The number of aromatic nitrogens is 2. The van der Waals surface area contributed by atoms with Crippen LogP contribution in [0.5, 0.6) is 11.5 Å². The third-order valence-electron chi connectivity index (χ3n) is 3.81. The Morgan fingerprint density at radius 2 is 1.96 bits per heavy atom. The first kappa shape index (κ1) is 16.4. The molecule has 0 bridgehead atoms. The minimum Gasteiger partial charge on any atom is -0.486 e. The maximum Gasteiger partial charge on any atom is 0.338 e. The number of fused-ring (bicyclic) bond motifs is 2. The summed E-state index contributed by atoms with van der Waals surface area (Å²) in [7, 11) is 0. The molecule has 0 amide bonds. The molecule has 0 unspecified atom stereocenters. The van der Waals surface area contributed by atoms with Gasteiger partial charge in [-0.2, -0.15) is 0 Å². The van der Waals surface area contributed by atoms with Gasteiger partial charge in [-0.05, 0) is 30.3 Å². The summed E-state index contributed by atoms with van der Waals surface area (Å²) in [4.78, 5) is 28.7. The molecule has 1 aliphatic rings. The highest BCUT2D eigenvalue weighted by atomic mass is 35.5. The molecule has 7 nitrogen and oxygen atoms in total. The largest absolute Gasteiger partial charge is 0.486 e. The van der Waals surface area contributed by atoms with Gasteiger partial charge in [-0.15, -0.1) is 0 Å². The number of carbonyl (C=O) groups excluding carboxylic acids is 1. The summed E-state index contributed by atoms with van der Waals surface area (Å²) >= 11 is 5.88. The van der Waals surface area contributed by atoms with Crippen molar-refractivity contribution in [2.75, 3.05) is 13.2 Å². The van der Waals surface area contributed by atoms with Crippen LogP contribution in [-0.2, 0) is 11.3 Å². The van der Waals surface area contributed by atoms with Crippen LogP contribution in [0, 0.1) is 0 Å². The molecule has 2 aromatic heterocycles. The fourth-order valence-electron chi connectivity index (χ4n) is 2.59. The summed E-state index contributed by atoms with van der Waals surface area (Å²) in [6.07, 6.45) is 1.48. The van der Waals surface area contributed by atoms with Crippen molar-refractivity contribution in [3.8, 4) is 11.5 Å².